The third-order valence-electron chi connectivity index (χ3n) is 2.09. The van der Waals surface area contributed by atoms with Gasteiger partial charge in [-0.2, -0.15) is 0 Å². The Bertz CT molecular complexity index is 593. The first kappa shape index (κ1) is 12.2. The lowest BCUT2D eigenvalue weighted by molar-refractivity contribution is -0.384. The predicted molar refractivity (Wildman–Crippen MR) is 67.3 cm³/mol. The highest BCUT2D eigenvalue weighted by molar-refractivity contribution is 9.10. The van der Waals surface area contributed by atoms with Crippen molar-refractivity contribution in [1.29, 1.82) is 0 Å². The Morgan fingerprint density at radius 2 is 2.28 bits per heavy atom. The number of aromatic nitrogens is 2. The molecule has 8 heteroatoms. The van der Waals surface area contributed by atoms with Crippen LogP contribution in [0, 0.1) is 10.1 Å². The third kappa shape index (κ3) is 2.72. The molecule has 0 radical (unpaired) electrons. The first-order valence-corrected chi connectivity index (χ1v) is 5.61. The van der Waals surface area contributed by atoms with Gasteiger partial charge in [-0.3, -0.25) is 14.9 Å². The fraction of sp³-hybridized carbons (Fsp3) is 0. The maximum absolute atomic E-state index is 11.7. The summed E-state index contributed by atoms with van der Waals surface area (Å²) in [4.78, 5) is 28.1. The predicted octanol–water partition coefficient (Wildman–Crippen LogP) is 2.33. The molecule has 0 aromatic carbocycles. The average molecular weight is 311 g/mol. The second kappa shape index (κ2) is 4.96. The topological polar surface area (TPSA) is 101 Å². The van der Waals surface area contributed by atoms with E-state index in [1.807, 2.05) is 0 Å². The number of pyridine rings is 1. The van der Waals surface area contributed by atoms with Crippen molar-refractivity contribution in [3.63, 3.8) is 0 Å². The Morgan fingerprint density at radius 3 is 2.83 bits per heavy atom. The van der Waals surface area contributed by atoms with Crippen molar-refractivity contribution in [2.75, 3.05) is 5.32 Å². The smallest absolute Gasteiger partial charge is 0.287 e. The molecule has 0 saturated carbocycles. The molecule has 7 nitrogen and oxygen atoms in total. The van der Waals surface area contributed by atoms with Gasteiger partial charge in [0.25, 0.3) is 11.6 Å². The van der Waals surface area contributed by atoms with Crippen LogP contribution in [-0.4, -0.2) is 20.8 Å². The molecular weight excluding hydrogens is 304 g/mol. The summed E-state index contributed by atoms with van der Waals surface area (Å²) in [6, 6.07) is 4.49. The van der Waals surface area contributed by atoms with E-state index in [1.165, 1.54) is 6.20 Å². The van der Waals surface area contributed by atoms with Crippen molar-refractivity contribution in [2.24, 2.45) is 0 Å². The van der Waals surface area contributed by atoms with Crippen molar-refractivity contribution in [2.45, 2.75) is 0 Å². The van der Waals surface area contributed by atoms with Crippen LogP contribution in [0.25, 0.3) is 0 Å². The van der Waals surface area contributed by atoms with E-state index in [0.717, 1.165) is 16.7 Å². The number of nitrogens with one attached hydrogen (secondary N) is 2. The standard InChI is InChI=1S/C10H7BrN4O3/c11-6-1-2-9(13-4-6)14-10(16)8-3-7(5-12-8)15(17)18/h1-5,12H,(H,13,14,16). The molecule has 0 aliphatic rings. The first-order chi connectivity index (χ1) is 8.56. The van der Waals surface area contributed by atoms with Gasteiger partial charge < -0.3 is 10.3 Å². The molecule has 0 fully saturated rings. The quantitative estimate of drug-likeness (QED) is 0.671. The lowest BCUT2D eigenvalue weighted by Crippen LogP contribution is -2.13. The van der Waals surface area contributed by atoms with Gasteiger partial charge in [0.15, 0.2) is 0 Å². The highest BCUT2D eigenvalue weighted by Gasteiger charge is 2.14. The number of hydrogen-bond donors (Lipinski definition) is 2. The SMILES string of the molecule is O=C(Nc1ccc(Br)cn1)c1cc([N+](=O)[O-])c[nH]1. The lowest BCUT2D eigenvalue weighted by Gasteiger charge is -2.01. The molecule has 0 aliphatic carbocycles. The molecule has 0 spiro atoms. The summed E-state index contributed by atoms with van der Waals surface area (Å²) in [5.74, 6) is -0.127. The number of nitrogens with zero attached hydrogens (tertiary/aromatic N) is 2. The molecule has 0 aliphatic heterocycles. The van der Waals surface area contributed by atoms with Crippen molar-refractivity contribution in [3.8, 4) is 0 Å². The Kier molecular flexibility index (Phi) is 3.38. The lowest BCUT2D eigenvalue weighted by atomic mass is 10.4. The summed E-state index contributed by atoms with van der Waals surface area (Å²) in [6.07, 6.45) is 2.69. The number of halogens is 1. The van der Waals surface area contributed by atoms with E-state index in [1.54, 1.807) is 12.1 Å². The number of carbonyl (C=O) groups excluding carboxylic acids is 1. The monoisotopic (exact) mass is 310 g/mol. The Morgan fingerprint density at radius 1 is 1.50 bits per heavy atom. The highest BCUT2D eigenvalue weighted by atomic mass is 79.9. The molecule has 92 valence electrons. The number of H-pyrrole nitrogens is 1. The summed E-state index contributed by atoms with van der Waals surface area (Å²) in [5, 5.41) is 13.0. The van der Waals surface area contributed by atoms with Crippen LogP contribution in [-0.2, 0) is 0 Å². The van der Waals surface area contributed by atoms with Crippen LogP contribution in [0.3, 0.4) is 0 Å². The molecule has 18 heavy (non-hydrogen) atoms. The minimum absolute atomic E-state index is 0.103. The maximum Gasteiger partial charge on any atom is 0.287 e. The normalized spacial score (nSPS) is 10.1. The number of amides is 1. The minimum atomic E-state index is -0.578. The van der Waals surface area contributed by atoms with Crippen LogP contribution in [0.4, 0.5) is 11.5 Å². The molecule has 0 atom stereocenters. The van der Waals surface area contributed by atoms with Crippen molar-refractivity contribution in [1.82, 2.24) is 9.97 Å². The molecule has 0 unspecified atom stereocenters. The number of nitro groups is 1. The fourth-order valence-electron chi connectivity index (χ4n) is 1.25. The Balaban J connectivity index is 2.11. The van der Waals surface area contributed by atoms with Crippen molar-refractivity contribution < 1.29 is 9.72 Å². The van der Waals surface area contributed by atoms with Gasteiger partial charge in [-0.05, 0) is 28.1 Å². The molecule has 2 heterocycles. The van der Waals surface area contributed by atoms with Gasteiger partial charge in [0.1, 0.15) is 11.5 Å². The fourth-order valence-corrected chi connectivity index (χ4v) is 1.49. The number of carbonyl (C=O) groups is 1. The number of aromatic amines is 1. The van der Waals surface area contributed by atoms with E-state index in [2.05, 4.69) is 31.2 Å². The molecular formula is C10H7BrN4O3. The van der Waals surface area contributed by atoms with E-state index in [-0.39, 0.29) is 11.4 Å². The number of hydrogen-bond acceptors (Lipinski definition) is 4. The molecule has 2 rings (SSSR count). The minimum Gasteiger partial charge on any atom is -0.351 e. The van der Waals surface area contributed by atoms with Crippen LogP contribution in [0.5, 0.6) is 0 Å². The van der Waals surface area contributed by atoms with Gasteiger partial charge >= 0.3 is 0 Å². The van der Waals surface area contributed by atoms with E-state index in [4.69, 9.17) is 0 Å². The molecule has 0 bridgehead atoms. The molecule has 2 aromatic heterocycles. The summed E-state index contributed by atoms with van der Waals surface area (Å²) in [5.41, 5.74) is -0.0599. The van der Waals surface area contributed by atoms with Gasteiger partial charge in [0.2, 0.25) is 0 Å². The van der Waals surface area contributed by atoms with Gasteiger partial charge in [-0.1, -0.05) is 0 Å². The maximum atomic E-state index is 11.7. The molecule has 2 N–H and O–H groups in total. The zero-order chi connectivity index (χ0) is 13.1. The second-order valence-electron chi connectivity index (χ2n) is 3.34. The van der Waals surface area contributed by atoms with E-state index in [0.29, 0.717) is 5.82 Å². The average Bonchev–Trinajstić information content (AvgIpc) is 2.81. The summed E-state index contributed by atoms with van der Waals surface area (Å²) >= 11 is 3.22. The molecule has 2 aromatic rings. The van der Waals surface area contributed by atoms with Crippen LogP contribution in [0.2, 0.25) is 0 Å². The van der Waals surface area contributed by atoms with E-state index in [9.17, 15) is 14.9 Å². The van der Waals surface area contributed by atoms with Gasteiger partial charge in [-0.15, -0.1) is 0 Å². The summed E-state index contributed by atoms with van der Waals surface area (Å²) < 4.78 is 0.788. The Hall–Kier alpha value is -2.22. The second-order valence-corrected chi connectivity index (χ2v) is 4.26. The summed E-state index contributed by atoms with van der Waals surface area (Å²) in [6.45, 7) is 0. The number of anilines is 1. The highest BCUT2D eigenvalue weighted by Crippen LogP contribution is 2.14. The van der Waals surface area contributed by atoms with Crippen LogP contribution in [0.15, 0.2) is 35.1 Å². The van der Waals surface area contributed by atoms with Gasteiger partial charge in [0, 0.05) is 16.7 Å². The van der Waals surface area contributed by atoms with Gasteiger partial charge in [-0.25, -0.2) is 4.98 Å². The van der Waals surface area contributed by atoms with Gasteiger partial charge in [0.05, 0.1) is 11.1 Å². The summed E-state index contributed by atoms with van der Waals surface area (Å²) in [7, 11) is 0. The van der Waals surface area contributed by atoms with Crippen molar-refractivity contribution >= 4 is 33.3 Å². The largest absolute Gasteiger partial charge is 0.351 e. The third-order valence-corrected chi connectivity index (χ3v) is 2.56. The van der Waals surface area contributed by atoms with Crippen LogP contribution < -0.4 is 5.32 Å². The molecule has 0 saturated heterocycles. The van der Waals surface area contributed by atoms with E-state index < -0.39 is 10.8 Å². The van der Waals surface area contributed by atoms with Crippen LogP contribution >= 0.6 is 15.9 Å². The first-order valence-electron chi connectivity index (χ1n) is 4.82. The number of rotatable bonds is 3. The van der Waals surface area contributed by atoms with Crippen molar-refractivity contribution in [3.05, 3.63) is 50.9 Å². The molecule has 1 amide bonds. The Labute approximate surface area is 110 Å². The zero-order valence-corrected chi connectivity index (χ0v) is 10.5. The zero-order valence-electron chi connectivity index (χ0n) is 8.88. The van der Waals surface area contributed by atoms with E-state index >= 15 is 0 Å². The van der Waals surface area contributed by atoms with Crippen LogP contribution in [0.1, 0.15) is 10.5 Å².